The van der Waals surface area contributed by atoms with Crippen molar-refractivity contribution in [3.63, 3.8) is 0 Å². The van der Waals surface area contributed by atoms with E-state index in [1.54, 1.807) is 44.2 Å². The number of nitrogens with zero attached hydrogens (tertiary/aromatic N) is 1. The first kappa shape index (κ1) is 42.3. The van der Waals surface area contributed by atoms with Gasteiger partial charge in [0.25, 0.3) is 0 Å². The van der Waals surface area contributed by atoms with Gasteiger partial charge in [0, 0.05) is 24.7 Å². The van der Waals surface area contributed by atoms with Gasteiger partial charge in [-0.05, 0) is 37.2 Å². The molecule has 0 fully saturated rings. The number of carbonyl (C=O) groups excluding carboxylic acids is 5. The molecule has 282 valence electrons. The lowest BCUT2D eigenvalue weighted by molar-refractivity contribution is -0.142. The van der Waals surface area contributed by atoms with Crippen molar-refractivity contribution < 1.29 is 44.1 Å². The van der Waals surface area contributed by atoms with Crippen LogP contribution in [-0.2, 0) is 41.6 Å². The van der Waals surface area contributed by atoms with Crippen LogP contribution in [0.5, 0.6) is 0 Å². The van der Waals surface area contributed by atoms with Crippen LogP contribution in [-0.4, -0.2) is 110 Å². The number of benzene rings is 1. The number of aromatic amines is 1. The molecule has 0 radical (unpaired) electrons. The Hall–Kier alpha value is -4.87. The first-order chi connectivity index (χ1) is 24.0. The number of nitrogens with two attached hydrogens (primary N) is 1. The molecule has 0 spiro atoms. The summed E-state index contributed by atoms with van der Waals surface area (Å²) in [5, 5.41) is 42.2. The predicted octanol–water partition coefficient (Wildman–Crippen LogP) is -1.50. The molecule has 7 atom stereocenters. The zero-order valence-electron chi connectivity index (χ0n) is 29.6. The molecule has 17 heteroatoms. The van der Waals surface area contributed by atoms with Crippen molar-refractivity contribution in [1.29, 1.82) is 0 Å². The number of amides is 5. The summed E-state index contributed by atoms with van der Waals surface area (Å²) in [7, 11) is 0. The number of nitrogens with one attached hydrogen (secondary N) is 6. The van der Waals surface area contributed by atoms with E-state index in [1.807, 2.05) is 13.8 Å². The van der Waals surface area contributed by atoms with Crippen molar-refractivity contribution in [2.75, 3.05) is 6.61 Å². The molecule has 1 heterocycles. The molecule has 0 aliphatic carbocycles. The first-order valence-electron chi connectivity index (χ1n) is 16.8. The van der Waals surface area contributed by atoms with Gasteiger partial charge < -0.3 is 52.6 Å². The fraction of sp³-hybridized carbons (Fsp3) is 0.559. The van der Waals surface area contributed by atoms with Crippen LogP contribution < -0.4 is 32.3 Å². The molecule has 1 aromatic heterocycles. The van der Waals surface area contributed by atoms with E-state index in [0.717, 1.165) is 0 Å². The Kier molecular flexibility index (Phi) is 17.2. The van der Waals surface area contributed by atoms with Crippen LogP contribution in [0.2, 0.25) is 0 Å². The second kappa shape index (κ2) is 20.7. The number of imidazole rings is 1. The molecule has 0 unspecified atom stereocenters. The van der Waals surface area contributed by atoms with Crippen LogP contribution in [0.1, 0.15) is 58.7 Å². The summed E-state index contributed by atoms with van der Waals surface area (Å²) in [5.74, 6) is -5.55. The van der Waals surface area contributed by atoms with Crippen molar-refractivity contribution >= 4 is 35.5 Å². The maximum absolute atomic E-state index is 13.7. The molecule has 5 amide bonds. The molecule has 0 bridgehead atoms. The number of hydrogen-bond acceptors (Lipinski definition) is 10. The molecular weight excluding hydrogens is 664 g/mol. The summed E-state index contributed by atoms with van der Waals surface area (Å²) >= 11 is 0. The summed E-state index contributed by atoms with van der Waals surface area (Å²) < 4.78 is 0. The maximum atomic E-state index is 13.7. The molecule has 51 heavy (non-hydrogen) atoms. The third kappa shape index (κ3) is 14.5. The van der Waals surface area contributed by atoms with Gasteiger partial charge in [-0.3, -0.25) is 24.0 Å². The number of aliphatic hydroxyl groups excluding tert-OH is 2. The standard InChI is InChI=1S/C34H52N8O9/c1-18(2)11-24(38-29(45)23(35)16-43)30(46)39-26(14-22-15-36-17-37-22)32(48)42-28(20(5)44)33(49)40-25(12-19(3)4)31(47)41-27(34(50)51)13-21-9-7-6-8-10-21/h6-10,15,17-20,23-28,43-44H,11-14,16,35H2,1-5H3,(H,36,37)(H,38,45)(H,39,46)(H,40,49)(H,41,47)(H,42,48)(H,50,51)/t20-,23+,24+,25+,26+,27+,28+/m1/s1. The van der Waals surface area contributed by atoms with Gasteiger partial charge in [-0.2, -0.15) is 0 Å². The van der Waals surface area contributed by atoms with E-state index in [2.05, 4.69) is 36.6 Å². The summed E-state index contributed by atoms with van der Waals surface area (Å²) in [6.07, 6.45) is 1.47. The van der Waals surface area contributed by atoms with E-state index >= 15 is 0 Å². The van der Waals surface area contributed by atoms with E-state index in [4.69, 9.17) is 5.73 Å². The molecule has 0 aliphatic heterocycles. The number of carboxylic acid groups (broad SMARTS) is 1. The highest BCUT2D eigenvalue weighted by Gasteiger charge is 2.35. The highest BCUT2D eigenvalue weighted by atomic mass is 16.4. The van der Waals surface area contributed by atoms with E-state index in [1.165, 1.54) is 19.4 Å². The van der Waals surface area contributed by atoms with Crippen molar-refractivity contribution in [3.8, 4) is 0 Å². The van der Waals surface area contributed by atoms with Gasteiger partial charge in [-0.1, -0.05) is 58.0 Å². The Morgan fingerprint density at radius 1 is 0.725 bits per heavy atom. The minimum Gasteiger partial charge on any atom is -0.480 e. The zero-order chi connectivity index (χ0) is 38.2. The summed E-state index contributed by atoms with van der Waals surface area (Å²) in [6, 6.07) is 0.835. The molecule has 1 aromatic carbocycles. The number of aliphatic carboxylic acids is 1. The van der Waals surface area contributed by atoms with Gasteiger partial charge >= 0.3 is 5.97 Å². The van der Waals surface area contributed by atoms with Crippen molar-refractivity contribution in [2.24, 2.45) is 17.6 Å². The lowest BCUT2D eigenvalue weighted by Crippen LogP contribution is -2.62. The SMILES string of the molecule is CC(C)C[C@H](NC(=O)[C@@H](NC(=O)[C@H](Cc1cnc[nH]1)NC(=O)[C@H](CC(C)C)NC(=O)[C@@H](N)CO)[C@@H](C)O)C(=O)N[C@@H](Cc1ccccc1)C(=O)O. The van der Waals surface area contributed by atoms with Crippen LogP contribution in [0, 0.1) is 11.8 Å². The number of aromatic nitrogens is 2. The Morgan fingerprint density at radius 3 is 1.71 bits per heavy atom. The highest BCUT2D eigenvalue weighted by Crippen LogP contribution is 2.11. The fourth-order valence-corrected chi connectivity index (χ4v) is 5.11. The van der Waals surface area contributed by atoms with Crippen molar-refractivity contribution in [1.82, 2.24) is 36.6 Å². The second-order valence-electron chi connectivity index (χ2n) is 13.3. The average molecular weight is 717 g/mol. The van der Waals surface area contributed by atoms with Crippen LogP contribution in [0.15, 0.2) is 42.9 Å². The van der Waals surface area contributed by atoms with Crippen LogP contribution >= 0.6 is 0 Å². The van der Waals surface area contributed by atoms with Gasteiger partial charge in [0.2, 0.25) is 29.5 Å². The Labute approximate surface area is 296 Å². The molecule has 11 N–H and O–H groups in total. The lowest BCUT2D eigenvalue weighted by Gasteiger charge is -2.28. The van der Waals surface area contributed by atoms with E-state index in [9.17, 15) is 44.1 Å². The topological polar surface area (TPSA) is 278 Å². The number of carboxylic acids is 1. The van der Waals surface area contributed by atoms with Crippen LogP contribution in [0.3, 0.4) is 0 Å². The van der Waals surface area contributed by atoms with Gasteiger partial charge in [-0.15, -0.1) is 0 Å². The zero-order valence-corrected chi connectivity index (χ0v) is 29.6. The average Bonchev–Trinajstić information content (AvgIpc) is 3.58. The van der Waals surface area contributed by atoms with Crippen molar-refractivity contribution in [2.45, 2.75) is 103 Å². The minimum absolute atomic E-state index is 0.00397. The van der Waals surface area contributed by atoms with Crippen LogP contribution in [0.25, 0.3) is 0 Å². The Bertz CT molecular complexity index is 1440. The molecule has 0 saturated heterocycles. The molecule has 0 saturated carbocycles. The van der Waals surface area contributed by atoms with Crippen molar-refractivity contribution in [3.05, 3.63) is 54.1 Å². The smallest absolute Gasteiger partial charge is 0.326 e. The summed E-state index contributed by atoms with van der Waals surface area (Å²) in [4.78, 5) is 85.3. The molecule has 2 aromatic rings. The molecule has 17 nitrogen and oxygen atoms in total. The van der Waals surface area contributed by atoms with Gasteiger partial charge in [0.15, 0.2) is 0 Å². The molecule has 0 aliphatic rings. The minimum atomic E-state index is -1.60. The number of aliphatic hydroxyl groups is 2. The Balaban J connectivity index is 2.28. The van der Waals surface area contributed by atoms with E-state index in [-0.39, 0.29) is 37.5 Å². The number of carbonyl (C=O) groups is 6. The van der Waals surface area contributed by atoms with E-state index in [0.29, 0.717) is 11.3 Å². The summed E-state index contributed by atoms with van der Waals surface area (Å²) in [5.41, 5.74) is 6.73. The number of rotatable bonds is 21. The lowest BCUT2D eigenvalue weighted by atomic mass is 10.00. The summed E-state index contributed by atoms with van der Waals surface area (Å²) in [6.45, 7) is 7.84. The quantitative estimate of drug-likeness (QED) is 0.0710. The number of hydrogen-bond donors (Lipinski definition) is 10. The third-order valence-electron chi connectivity index (χ3n) is 7.79. The van der Waals surface area contributed by atoms with E-state index < -0.39 is 84.5 Å². The monoisotopic (exact) mass is 716 g/mol. The predicted molar refractivity (Wildman–Crippen MR) is 185 cm³/mol. The first-order valence-corrected chi connectivity index (χ1v) is 16.8. The molecular formula is C34H52N8O9. The third-order valence-corrected chi connectivity index (χ3v) is 7.79. The van der Waals surface area contributed by atoms with Gasteiger partial charge in [0.1, 0.15) is 36.3 Å². The van der Waals surface area contributed by atoms with Gasteiger partial charge in [0.05, 0.1) is 19.0 Å². The van der Waals surface area contributed by atoms with Gasteiger partial charge in [-0.25, -0.2) is 9.78 Å². The molecule has 2 rings (SSSR count). The normalized spacial score (nSPS) is 15.4. The fourth-order valence-electron chi connectivity index (χ4n) is 5.11. The highest BCUT2D eigenvalue weighted by molar-refractivity contribution is 5.96. The second-order valence-corrected chi connectivity index (χ2v) is 13.3. The number of H-pyrrole nitrogens is 1. The van der Waals surface area contributed by atoms with Crippen LogP contribution in [0.4, 0.5) is 0 Å². The Morgan fingerprint density at radius 2 is 1.24 bits per heavy atom. The largest absolute Gasteiger partial charge is 0.480 e. The maximum Gasteiger partial charge on any atom is 0.326 e.